The van der Waals surface area contributed by atoms with Crippen LogP contribution in [0, 0.1) is 0 Å². The second-order valence-electron chi connectivity index (χ2n) is 7.42. The van der Waals surface area contributed by atoms with Crippen LogP contribution in [0.4, 0.5) is 10.5 Å². The molecule has 4 N–H and O–H groups in total. The monoisotopic (exact) mass is 384 g/mol. The minimum atomic E-state index is -0.747. The average Bonchev–Trinajstić information content (AvgIpc) is 2.66. The number of nitrogens with one attached hydrogen (secondary N) is 2. The minimum absolute atomic E-state index is 0.0851. The summed E-state index contributed by atoms with van der Waals surface area (Å²) in [5, 5.41) is 3.12. The molecule has 0 aliphatic rings. The third-order valence-corrected chi connectivity index (χ3v) is 3.84. The molecule has 0 radical (unpaired) electrons. The summed E-state index contributed by atoms with van der Waals surface area (Å²) >= 11 is 0. The number of nitrogens with two attached hydrogens (primary N) is 1. The summed E-state index contributed by atoms with van der Waals surface area (Å²) < 4.78 is 5.53. The van der Waals surface area contributed by atoms with Gasteiger partial charge >= 0.3 is 6.09 Å². The van der Waals surface area contributed by atoms with E-state index in [1.54, 1.807) is 20.8 Å². The van der Waals surface area contributed by atoms with E-state index in [1.165, 1.54) is 4.90 Å². The molecule has 2 amide bonds. The Morgan fingerprint density at radius 2 is 1.61 bits per heavy atom. The molecule has 2 rings (SSSR count). The highest BCUT2D eigenvalue weighted by Gasteiger charge is 2.28. The van der Waals surface area contributed by atoms with Crippen LogP contribution in [-0.2, 0) is 16.1 Å². The van der Waals surface area contributed by atoms with Crippen molar-refractivity contribution in [2.45, 2.75) is 39.0 Å². The van der Waals surface area contributed by atoms with Crippen molar-refractivity contribution >= 4 is 17.7 Å². The van der Waals surface area contributed by atoms with Crippen LogP contribution in [-0.4, -0.2) is 35.1 Å². The Labute approximate surface area is 165 Å². The second kappa shape index (κ2) is 9.75. The maximum atomic E-state index is 12.8. The van der Waals surface area contributed by atoms with E-state index in [1.807, 2.05) is 60.7 Å². The first kappa shape index (κ1) is 21.2. The van der Waals surface area contributed by atoms with Gasteiger partial charge in [0.1, 0.15) is 11.6 Å². The molecule has 0 fully saturated rings. The van der Waals surface area contributed by atoms with Crippen molar-refractivity contribution in [1.29, 1.82) is 0 Å². The molecular weight excluding hydrogens is 356 g/mol. The Bertz CT molecular complexity index is 760. The van der Waals surface area contributed by atoms with Gasteiger partial charge in [-0.3, -0.25) is 10.2 Å². The lowest BCUT2D eigenvalue weighted by atomic mass is 10.1. The number of amides is 2. The highest BCUT2D eigenvalue weighted by Crippen LogP contribution is 2.15. The third kappa shape index (κ3) is 6.92. The van der Waals surface area contributed by atoms with Crippen LogP contribution in [0.3, 0.4) is 0 Å². The van der Waals surface area contributed by atoms with Crippen LogP contribution in [0.5, 0.6) is 0 Å². The summed E-state index contributed by atoms with van der Waals surface area (Å²) in [5.41, 5.74) is 3.19. The number of hydrogen-bond acceptors (Lipinski definition) is 5. The standard InChI is InChI=1S/C21H28N4O3/c1-21(2,3)28-20(27)25(14-16-10-6-4-7-11-16)15-18(19(26)24-22)23-17-12-8-5-9-13-17/h4-13,18,23H,14-15,22H2,1-3H3,(H,24,26)/t18-/m0/s1. The lowest BCUT2D eigenvalue weighted by Gasteiger charge is -2.30. The zero-order valence-electron chi connectivity index (χ0n) is 16.5. The predicted octanol–water partition coefficient (Wildman–Crippen LogP) is 2.89. The summed E-state index contributed by atoms with van der Waals surface area (Å²) in [6.45, 7) is 5.80. The zero-order chi connectivity index (χ0) is 20.6. The predicted molar refractivity (Wildman–Crippen MR) is 109 cm³/mol. The van der Waals surface area contributed by atoms with Gasteiger partial charge in [0.15, 0.2) is 0 Å². The number of ether oxygens (including phenoxy) is 1. The Morgan fingerprint density at radius 1 is 1.04 bits per heavy atom. The molecule has 150 valence electrons. The van der Waals surface area contributed by atoms with Gasteiger partial charge in [-0.15, -0.1) is 0 Å². The molecule has 0 saturated carbocycles. The van der Waals surface area contributed by atoms with Gasteiger partial charge in [-0.05, 0) is 38.5 Å². The number of nitrogens with zero attached hydrogens (tertiary/aromatic N) is 1. The van der Waals surface area contributed by atoms with E-state index in [-0.39, 0.29) is 6.54 Å². The van der Waals surface area contributed by atoms with E-state index in [0.29, 0.717) is 6.54 Å². The van der Waals surface area contributed by atoms with Crippen molar-refractivity contribution in [3.8, 4) is 0 Å². The van der Waals surface area contributed by atoms with Gasteiger partial charge in [0.05, 0.1) is 6.54 Å². The van der Waals surface area contributed by atoms with E-state index in [0.717, 1.165) is 11.3 Å². The first-order valence-corrected chi connectivity index (χ1v) is 9.12. The zero-order valence-corrected chi connectivity index (χ0v) is 16.5. The molecule has 0 spiro atoms. The number of benzene rings is 2. The topological polar surface area (TPSA) is 96.7 Å². The maximum Gasteiger partial charge on any atom is 0.410 e. The van der Waals surface area contributed by atoms with E-state index in [2.05, 4.69) is 10.7 Å². The number of carbonyl (C=O) groups excluding carboxylic acids is 2. The van der Waals surface area contributed by atoms with Gasteiger partial charge in [0.25, 0.3) is 5.91 Å². The van der Waals surface area contributed by atoms with E-state index >= 15 is 0 Å². The summed E-state index contributed by atoms with van der Waals surface area (Å²) in [7, 11) is 0. The van der Waals surface area contributed by atoms with Crippen molar-refractivity contribution in [2.24, 2.45) is 5.84 Å². The van der Waals surface area contributed by atoms with Crippen LogP contribution in [0.1, 0.15) is 26.3 Å². The van der Waals surface area contributed by atoms with Crippen molar-refractivity contribution < 1.29 is 14.3 Å². The third-order valence-electron chi connectivity index (χ3n) is 3.84. The fourth-order valence-corrected chi connectivity index (χ4v) is 2.58. The van der Waals surface area contributed by atoms with Crippen molar-refractivity contribution in [3.05, 3.63) is 66.2 Å². The lowest BCUT2D eigenvalue weighted by Crippen LogP contribution is -2.51. The van der Waals surface area contributed by atoms with Gasteiger partial charge in [-0.1, -0.05) is 48.5 Å². The smallest absolute Gasteiger partial charge is 0.410 e. The number of anilines is 1. The number of hydrogen-bond donors (Lipinski definition) is 3. The Hall–Kier alpha value is -3.06. The summed E-state index contributed by atoms with van der Waals surface area (Å²) in [6, 6.07) is 18.1. The number of carbonyl (C=O) groups is 2. The molecule has 0 aliphatic heterocycles. The molecule has 0 aromatic heterocycles. The lowest BCUT2D eigenvalue weighted by molar-refractivity contribution is -0.122. The molecule has 0 unspecified atom stereocenters. The summed E-state index contributed by atoms with van der Waals surface area (Å²) in [6.07, 6.45) is -0.499. The molecule has 28 heavy (non-hydrogen) atoms. The first-order chi connectivity index (χ1) is 13.3. The van der Waals surface area contributed by atoms with Gasteiger partial charge < -0.3 is 15.0 Å². The molecular formula is C21H28N4O3. The van der Waals surface area contributed by atoms with Crippen LogP contribution in [0.25, 0.3) is 0 Å². The molecule has 0 saturated heterocycles. The second-order valence-corrected chi connectivity index (χ2v) is 7.42. The molecule has 0 bridgehead atoms. The highest BCUT2D eigenvalue weighted by atomic mass is 16.6. The van der Waals surface area contributed by atoms with Crippen LogP contribution in [0.2, 0.25) is 0 Å². The highest BCUT2D eigenvalue weighted by molar-refractivity contribution is 5.85. The minimum Gasteiger partial charge on any atom is -0.444 e. The molecule has 0 aliphatic carbocycles. The summed E-state index contributed by atoms with van der Waals surface area (Å²) in [5.74, 6) is 4.93. The van der Waals surface area contributed by atoms with E-state index < -0.39 is 23.6 Å². The quantitative estimate of drug-likeness (QED) is 0.387. The van der Waals surface area contributed by atoms with Gasteiger partial charge in [-0.25, -0.2) is 10.6 Å². The van der Waals surface area contributed by atoms with Gasteiger partial charge in [0, 0.05) is 12.2 Å². The fourth-order valence-electron chi connectivity index (χ4n) is 2.58. The molecule has 2 aromatic rings. The van der Waals surface area contributed by atoms with Gasteiger partial charge in [0.2, 0.25) is 0 Å². The molecule has 7 heteroatoms. The van der Waals surface area contributed by atoms with Gasteiger partial charge in [-0.2, -0.15) is 0 Å². The van der Waals surface area contributed by atoms with E-state index in [9.17, 15) is 9.59 Å². The fraction of sp³-hybridized carbons (Fsp3) is 0.333. The van der Waals surface area contributed by atoms with Crippen molar-refractivity contribution in [2.75, 3.05) is 11.9 Å². The largest absolute Gasteiger partial charge is 0.444 e. The number of para-hydroxylation sites is 1. The Balaban J connectivity index is 2.22. The maximum absolute atomic E-state index is 12.8. The Morgan fingerprint density at radius 3 is 2.14 bits per heavy atom. The SMILES string of the molecule is CC(C)(C)OC(=O)N(Cc1ccccc1)C[C@H](Nc1ccccc1)C(=O)NN. The number of hydrazine groups is 1. The van der Waals surface area contributed by atoms with E-state index in [4.69, 9.17) is 10.6 Å². The normalized spacial score (nSPS) is 12.0. The van der Waals surface area contributed by atoms with Crippen LogP contribution >= 0.6 is 0 Å². The molecule has 7 nitrogen and oxygen atoms in total. The molecule has 0 heterocycles. The van der Waals surface area contributed by atoms with Crippen LogP contribution in [0.15, 0.2) is 60.7 Å². The van der Waals surface area contributed by atoms with Crippen molar-refractivity contribution in [1.82, 2.24) is 10.3 Å². The summed E-state index contributed by atoms with van der Waals surface area (Å²) in [4.78, 5) is 26.6. The molecule has 1 atom stereocenters. The van der Waals surface area contributed by atoms with Crippen LogP contribution < -0.4 is 16.6 Å². The number of rotatable bonds is 7. The van der Waals surface area contributed by atoms with Crippen molar-refractivity contribution in [3.63, 3.8) is 0 Å². The molecule has 2 aromatic carbocycles. The average molecular weight is 384 g/mol. The first-order valence-electron chi connectivity index (χ1n) is 9.12. The Kier molecular flexibility index (Phi) is 7.40.